The highest BCUT2D eigenvalue weighted by Gasteiger charge is 2.30. The van der Waals surface area contributed by atoms with E-state index in [1.807, 2.05) is 54.6 Å². The molecule has 5 aromatic carbocycles. The summed E-state index contributed by atoms with van der Waals surface area (Å²) in [5, 5.41) is 19.9. The van der Waals surface area contributed by atoms with Crippen LogP contribution in [0.2, 0.25) is 10.0 Å². The molecular formula is C35H30Cl2N2O7S2. The second-order valence-electron chi connectivity index (χ2n) is 11.0. The molecule has 0 aromatic heterocycles. The van der Waals surface area contributed by atoms with E-state index in [0.717, 1.165) is 23.3 Å². The lowest BCUT2D eigenvalue weighted by Gasteiger charge is -2.24. The third-order valence-corrected chi connectivity index (χ3v) is 11.3. The van der Waals surface area contributed by atoms with Crippen molar-refractivity contribution in [2.24, 2.45) is 0 Å². The molecule has 0 aliphatic carbocycles. The first-order valence-corrected chi connectivity index (χ1v) is 18.2. The van der Waals surface area contributed by atoms with Crippen molar-refractivity contribution >= 4 is 49.2 Å². The second kappa shape index (κ2) is 14.5. The number of nitrogens with zero attached hydrogens (tertiary/aromatic N) is 1. The quantitative estimate of drug-likeness (QED) is 0.123. The van der Waals surface area contributed by atoms with E-state index in [1.54, 1.807) is 31.2 Å². The lowest BCUT2D eigenvalue weighted by atomic mass is 10.0. The fourth-order valence-electron chi connectivity index (χ4n) is 5.04. The Labute approximate surface area is 289 Å². The third kappa shape index (κ3) is 8.07. The normalized spacial score (nSPS) is 11.9. The Bertz CT molecular complexity index is 2190. The molecule has 0 atom stereocenters. The summed E-state index contributed by atoms with van der Waals surface area (Å²) in [4.78, 5) is 10.9. The number of hydrogen-bond acceptors (Lipinski definition) is 6. The molecule has 248 valence electrons. The van der Waals surface area contributed by atoms with E-state index in [9.17, 15) is 31.8 Å². The predicted molar refractivity (Wildman–Crippen MR) is 185 cm³/mol. The first-order chi connectivity index (χ1) is 22.7. The molecule has 13 heteroatoms. The number of carbonyl (C=O) groups is 1. The predicted octanol–water partition coefficient (Wildman–Crippen LogP) is 7.24. The van der Waals surface area contributed by atoms with Gasteiger partial charge < -0.3 is 10.2 Å². The number of aromatic hydroxyl groups is 1. The van der Waals surface area contributed by atoms with Crippen molar-refractivity contribution in [1.29, 1.82) is 0 Å². The zero-order chi connectivity index (χ0) is 34.6. The van der Waals surface area contributed by atoms with Gasteiger partial charge in [0.1, 0.15) is 4.90 Å². The Morgan fingerprint density at radius 3 is 2.08 bits per heavy atom. The van der Waals surface area contributed by atoms with E-state index in [-0.39, 0.29) is 40.1 Å². The average Bonchev–Trinajstić information content (AvgIpc) is 3.06. The van der Waals surface area contributed by atoms with Gasteiger partial charge in [0.2, 0.25) is 20.0 Å². The Balaban J connectivity index is 1.43. The SMILES string of the molecule is Cc1ccc(S(=O)(=O)NCc2cccc(CN(Cc3ccc(-c4ccccc4)cc3)S(=O)(=O)c3cc(Cl)cc(Cl)c3O)c2)cc1C(=O)O. The minimum absolute atomic E-state index is 0.0295. The maximum Gasteiger partial charge on any atom is 0.335 e. The van der Waals surface area contributed by atoms with Gasteiger partial charge in [-0.25, -0.2) is 26.4 Å². The molecule has 0 amide bonds. The molecule has 48 heavy (non-hydrogen) atoms. The summed E-state index contributed by atoms with van der Waals surface area (Å²) in [7, 11) is -8.46. The van der Waals surface area contributed by atoms with Gasteiger partial charge in [0, 0.05) is 24.7 Å². The fourth-order valence-corrected chi connectivity index (χ4v) is 8.25. The van der Waals surface area contributed by atoms with Crippen molar-refractivity contribution < 1.29 is 31.8 Å². The minimum atomic E-state index is -4.38. The number of carboxylic acids is 1. The smallest absolute Gasteiger partial charge is 0.335 e. The van der Waals surface area contributed by atoms with E-state index in [4.69, 9.17) is 23.2 Å². The van der Waals surface area contributed by atoms with E-state index in [2.05, 4.69) is 4.72 Å². The summed E-state index contributed by atoms with van der Waals surface area (Å²) >= 11 is 12.2. The molecule has 5 rings (SSSR count). The Morgan fingerprint density at radius 1 is 0.750 bits per heavy atom. The van der Waals surface area contributed by atoms with Gasteiger partial charge >= 0.3 is 5.97 Å². The van der Waals surface area contributed by atoms with Crippen LogP contribution in [-0.2, 0) is 39.7 Å². The molecule has 0 spiro atoms. The van der Waals surface area contributed by atoms with E-state index >= 15 is 0 Å². The Hall–Kier alpha value is -4.23. The van der Waals surface area contributed by atoms with Crippen molar-refractivity contribution in [2.45, 2.75) is 36.3 Å². The second-order valence-corrected chi connectivity index (χ2v) is 15.5. The lowest BCUT2D eigenvalue weighted by Crippen LogP contribution is -2.30. The number of aromatic carboxylic acids is 1. The highest BCUT2D eigenvalue weighted by atomic mass is 35.5. The number of benzene rings is 5. The van der Waals surface area contributed by atoms with Crippen LogP contribution in [-0.4, -0.2) is 37.3 Å². The molecule has 0 saturated heterocycles. The van der Waals surface area contributed by atoms with Crippen LogP contribution in [0.25, 0.3) is 11.1 Å². The molecule has 3 N–H and O–H groups in total. The largest absolute Gasteiger partial charge is 0.505 e. The lowest BCUT2D eigenvalue weighted by molar-refractivity contribution is 0.0695. The van der Waals surface area contributed by atoms with Crippen LogP contribution in [0.3, 0.4) is 0 Å². The first-order valence-electron chi connectivity index (χ1n) is 14.5. The maximum absolute atomic E-state index is 14.1. The first kappa shape index (κ1) is 35.1. The standard InChI is InChI=1S/C35H30Cl2N2O7S2/c1-23-10-15-30(19-31(23)35(41)42)47(43,44)38-20-25-6-5-7-26(16-25)22-39(48(45,46)33-18-29(36)17-32(37)34(33)40)21-24-11-13-28(14-12-24)27-8-3-2-4-9-27/h2-19,38,40H,20-22H2,1H3,(H,41,42). The summed E-state index contributed by atoms with van der Waals surface area (Å²) in [5.74, 6) is -1.87. The number of rotatable bonds is 12. The number of phenols is 1. The van der Waals surface area contributed by atoms with Gasteiger partial charge in [0.05, 0.1) is 15.5 Å². The number of aryl methyl sites for hydroxylation is 1. The van der Waals surface area contributed by atoms with Crippen LogP contribution < -0.4 is 4.72 Å². The van der Waals surface area contributed by atoms with Gasteiger partial charge in [0.15, 0.2) is 5.75 Å². The van der Waals surface area contributed by atoms with Crippen molar-refractivity contribution in [1.82, 2.24) is 9.03 Å². The zero-order valence-electron chi connectivity index (χ0n) is 25.5. The number of nitrogens with one attached hydrogen (secondary N) is 1. The van der Waals surface area contributed by atoms with Crippen LogP contribution in [0, 0.1) is 6.92 Å². The van der Waals surface area contributed by atoms with Crippen molar-refractivity contribution in [3.8, 4) is 16.9 Å². The minimum Gasteiger partial charge on any atom is -0.505 e. The summed E-state index contributed by atoms with van der Waals surface area (Å²) in [6, 6.07) is 30.1. The van der Waals surface area contributed by atoms with Gasteiger partial charge in [-0.1, -0.05) is 108 Å². The molecule has 9 nitrogen and oxygen atoms in total. The van der Waals surface area contributed by atoms with E-state index in [0.29, 0.717) is 22.3 Å². The molecule has 0 aliphatic rings. The maximum atomic E-state index is 14.1. The number of phenolic OH excluding ortho intramolecular Hbond substituents is 1. The monoisotopic (exact) mass is 724 g/mol. The molecule has 0 unspecified atom stereocenters. The molecule has 0 fully saturated rings. The highest BCUT2D eigenvalue weighted by molar-refractivity contribution is 7.89. The molecule has 0 bridgehead atoms. The van der Waals surface area contributed by atoms with Gasteiger partial charge in [0.25, 0.3) is 0 Å². The highest BCUT2D eigenvalue weighted by Crippen LogP contribution is 2.37. The average molecular weight is 726 g/mol. The number of hydrogen-bond donors (Lipinski definition) is 3. The zero-order valence-corrected chi connectivity index (χ0v) is 28.6. The molecule has 5 aromatic rings. The summed E-state index contributed by atoms with van der Waals surface area (Å²) < 4.78 is 57.8. The van der Waals surface area contributed by atoms with E-state index in [1.165, 1.54) is 22.5 Å². The van der Waals surface area contributed by atoms with Crippen LogP contribution >= 0.6 is 23.2 Å². The van der Waals surface area contributed by atoms with Crippen LogP contribution in [0.15, 0.2) is 119 Å². The van der Waals surface area contributed by atoms with Crippen molar-refractivity contribution in [3.05, 3.63) is 147 Å². The van der Waals surface area contributed by atoms with Gasteiger partial charge in [-0.2, -0.15) is 4.31 Å². The number of sulfonamides is 2. The molecular weight excluding hydrogens is 695 g/mol. The summed E-state index contributed by atoms with van der Waals surface area (Å²) in [6.07, 6.45) is 0. The van der Waals surface area contributed by atoms with Gasteiger partial charge in [-0.15, -0.1) is 0 Å². The van der Waals surface area contributed by atoms with Crippen molar-refractivity contribution in [3.63, 3.8) is 0 Å². The Morgan fingerprint density at radius 2 is 1.40 bits per heavy atom. The number of halogens is 2. The topological polar surface area (TPSA) is 141 Å². The van der Waals surface area contributed by atoms with Crippen LogP contribution in [0.1, 0.15) is 32.6 Å². The third-order valence-electron chi connectivity index (χ3n) is 7.60. The molecule has 0 saturated carbocycles. The van der Waals surface area contributed by atoms with Crippen molar-refractivity contribution in [2.75, 3.05) is 0 Å². The molecule has 0 radical (unpaired) electrons. The molecule has 0 aliphatic heterocycles. The summed E-state index contributed by atoms with van der Waals surface area (Å²) in [5.41, 5.74) is 4.00. The Kier molecular flexibility index (Phi) is 10.6. The van der Waals surface area contributed by atoms with Crippen LogP contribution in [0.4, 0.5) is 0 Å². The summed E-state index contributed by atoms with van der Waals surface area (Å²) in [6.45, 7) is 1.21. The molecule has 0 heterocycles. The van der Waals surface area contributed by atoms with E-state index < -0.39 is 36.7 Å². The van der Waals surface area contributed by atoms with Crippen LogP contribution in [0.5, 0.6) is 5.75 Å². The fraction of sp³-hybridized carbons (Fsp3) is 0.114. The van der Waals surface area contributed by atoms with Gasteiger partial charge in [-0.05, 0) is 64.6 Å². The van der Waals surface area contributed by atoms with Gasteiger partial charge in [-0.3, -0.25) is 0 Å². The number of carboxylic acid groups (broad SMARTS) is 1.